The van der Waals surface area contributed by atoms with E-state index in [4.69, 9.17) is 0 Å². The molecule has 0 N–H and O–H groups in total. The molecule has 0 nitrogen and oxygen atoms in total. The lowest BCUT2D eigenvalue weighted by Gasteiger charge is -2.25. The van der Waals surface area contributed by atoms with E-state index in [1.165, 1.54) is 142 Å². The van der Waals surface area contributed by atoms with Gasteiger partial charge in [-0.25, -0.2) is 0 Å². The fourth-order valence-electron chi connectivity index (χ4n) is 10.8. The van der Waals surface area contributed by atoms with Gasteiger partial charge in [-0.15, -0.1) is 0 Å². The summed E-state index contributed by atoms with van der Waals surface area (Å²) in [6.45, 7) is 4.53. The van der Waals surface area contributed by atoms with E-state index >= 15 is 0 Å². The minimum atomic E-state index is 1.26. The molecule has 0 aromatic heterocycles. The van der Waals surface area contributed by atoms with Crippen LogP contribution < -0.4 is 0 Å². The van der Waals surface area contributed by atoms with Crippen LogP contribution in [0.1, 0.15) is 11.1 Å². The molecule has 13 rings (SSSR count). The minimum absolute atomic E-state index is 1.26. The molecule has 0 saturated heterocycles. The molecule has 0 fully saturated rings. The highest BCUT2D eigenvalue weighted by atomic mass is 14.4. The van der Waals surface area contributed by atoms with E-state index in [0.717, 1.165) is 0 Å². The van der Waals surface area contributed by atoms with Gasteiger partial charge >= 0.3 is 0 Å². The van der Waals surface area contributed by atoms with Gasteiger partial charge in [0, 0.05) is 0 Å². The molecule has 248 valence electrons. The maximum atomic E-state index is 2.45. The Morgan fingerprint density at radius 3 is 1.13 bits per heavy atom. The number of aryl methyl sites for hydroxylation is 2. The van der Waals surface area contributed by atoms with Crippen LogP contribution in [0.2, 0.25) is 0 Å². The molecule has 0 unspecified atom stereocenters. The summed E-state index contributed by atoms with van der Waals surface area (Å²) < 4.78 is 0. The lowest BCUT2D eigenvalue weighted by atomic mass is 9.77. The maximum Gasteiger partial charge on any atom is -0.000717 e. The second-order valence-electron chi connectivity index (χ2n) is 15.5. The summed E-state index contributed by atoms with van der Waals surface area (Å²) in [5.74, 6) is 0. The smallest absolute Gasteiger partial charge is 0.000717 e. The van der Waals surface area contributed by atoms with Crippen LogP contribution in [0, 0.1) is 13.8 Å². The Kier molecular flexibility index (Phi) is 5.33. The molecule has 1 aliphatic carbocycles. The lowest BCUT2D eigenvalue weighted by Crippen LogP contribution is -1.97. The van der Waals surface area contributed by atoms with Gasteiger partial charge in [0.05, 0.1) is 0 Å². The van der Waals surface area contributed by atoms with Crippen LogP contribution in [0.3, 0.4) is 0 Å². The van der Waals surface area contributed by atoms with E-state index in [-0.39, 0.29) is 0 Å². The topological polar surface area (TPSA) is 0 Å². The zero-order valence-corrected chi connectivity index (χ0v) is 30.0. The molecule has 0 spiro atoms. The SMILES string of the molecule is Cc1ccc2c3c(-c4ccccc4)c4c(c(-c5ccccc5)c3c3ccc(C)c5ccc1c2c53)-c1ccc2c3cccc5cccc(c6ccc-4c1c62)c53. The third-order valence-electron chi connectivity index (χ3n) is 12.9. The van der Waals surface area contributed by atoms with E-state index in [0.29, 0.717) is 0 Å². The second-order valence-corrected chi connectivity index (χ2v) is 15.5. The summed E-state index contributed by atoms with van der Waals surface area (Å²) in [5.41, 5.74) is 13.2. The Morgan fingerprint density at radius 1 is 0.241 bits per heavy atom. The van der Waals surface area contributed by atoms with Gasteiger partial charge in [-0.1, -0.05) is 158 Å². The monoisotopic (exact) mass is 680 g/mol. The normalized spacial score (nSPS) is 12.6. The number of benzene rings is 12. The highest BCUT2D eigenvalue weighted by Crippen LogP contribution is 2.61. The number of rotatable bonds is 2. The molecule has 12 aromatic rings. The van der Waals surface area contributed by atoms with Gasteiger partial charge in [0.25, 0.3) is 0 Å². The van der Waals surface area contributed by atoms with Gasteiger partial charge < -0.3 is 0 Å². The molecule has 54 heavy (non-hydrogen) atoms. The Morgan fingerprint density at radius 2 is 0.648 bits per heavy atom. The first kappa shape index (κ1) is 28.8. The standard InChI is InChI=1S/C54H32/c1-29-19-21-40-47-34(29)23-24-35-30(2)20-22-41(48(35)47)52-46(33-13-7-4-8-14-33)54-43-28-26-39-37-18-10-16-31-15-9-17-36(44(31)37)38-25-27-42(50(43)49(38)39)53(54)45(51(40)52)32-11-5-3-6-12-32/h3-28H,1-2H3. The molecule has 1 aliphatic rings. The molecule has 0 radical (unpaired) electrons. The molecule has 0 saturated carbocycles. The van der Waals surface area contributed by atoms with Crippen LogP contribution >= 0.6 is 0 Å². The van der Waals surface area contributed by atoms with Gasteiger partial charge in [0.2, 0.25) is 0 Å². The van der Waals surface area contributed by atoms with E-state index in [2.05, 4.69) is 172 Å². The van der Waals surface area contributed by atoms with Crippen molar-refractivity contribution >= 4 is 86.2 Å². The zero-order chi connectivity index (χ0) is 35.4. The summed E-state index contributed by atoms with van der Waals surface area (Å²) in [6, 6.07) is 60.0. The molecule has 0 aliphatic heterocycles. The summed E-state index contributed by atoms with van der Waals surface area (Å²) in [4.78, 5) is 0. The van der Waals surface area contributed by atoms with Crippen LogP contribution in [-0.2, 0) is 0 Å². The first-order valence-electron chi connectivity index (χ1n) is 19.1. The van der Waals surface area contributed by atoms with Crippen molar-refractivity contribution in [1.29, 1.82) is 0 Å². The van der Waals surface area contributed by atoms with Gasteiger partial charge in [0.15, 0.2) is 0 Å². The number of fused-ring (bicyclic) bond motifs is 8. The van der Waals surface area contributed by atoms with Crippen molar-refractivity contribution in [2.24, 2.45) is 0 Å². The van der Waals surface area contributed by atoms with Gasteiger partial charge in [-0.05, 0) is 156 Å². The molecular weight excluding hydrogens is 649 g/mol. The van der Waals surface area contributed by atoms with Crippen molar-refractivity contribution in [2.75, 3.05) is 0 Å². The largest absolute Gasteiger partial charge is 0.0622 e. The lowest BCUT2D eigenvalue weighted by molar-refractivity contribution is 1.53. The van der Waals surface area contributed by atoms with Gasteiger partial charge in [-0.3, -0.25) is 0 Å². The van der Waals surface area contributed by atoms with Crippen molar-refractivity contribution in [3.63, 3.8) is 0 Å². The van der Waals surface area contributed by atoms with Crippen LogP contribution in [0.5, 0.6) is 0 Å². The predicted octanol–water partition coefficient (Wildman–Crippen LogP) is 15.4. The van der Waals surface area contributed by atoms with Gasteiger partial charge in [0.1, 0.15) is 0 Å². The molecule has 0 amide bonds. The summed E-state index contributed by atoms with van der Waals surface area (Å²) in [6.07, 6.45) is 0. The molecular formula is C54H32. The fourth-order valence-corrected chi connectivity index (χ4v) is 10.8. The average molecular weight is 681 g/mol. The Bertz CT molecular complexity index is 3360. The van der Waals surface area contributed by atoms with Crippen molar-refractivity contribution in [3.8, 4) is 44.5 Å². The van der Waals surface area contributed by atoms with Crippen LogP contribution in [0.15, 0.2) is 158 Å². The van der Waals surface area contributed by atoms with Gasteiger partial charge in [-0.2, -0.15) is 0 Å². The molecule has 0 atom stereocenters. The Labute approximate surface area is 312 Å². The summed E-state index contributed by atoms with van der Waals surface area (Å²) in [7, 11) is 0. The number of hydrogen-bond donors (Lipinski definition) is 0. The highest BCUT2D eigenvalue weighted by molar-refractivity contribution is 6.44. The Hall–Kier alpha value is -6.76. The van der Waals surface area contributed by atoms with Crippen LogP contribution in [0.4, 0.5) is 0 Å². The first-order chi connectivity index (χ1) is 26.7. The fraction of sp³-hybridized carbons (Fsp3) is 0.0370. The van der Waals surface area contributed by atoms with Crippen molar-refractivity contribution in [3.05, 3.63) is 169 Å². The average Bonchev–Trinajstić information content (AvgIpc) is 3.56. The zero-order valence-electron chi connectivity index (χ0n) is 30.0. The van der Waals surface area contributed by atoms with Crippen molar-refractivity contribution in [1.82, 2.24) is 0 Å². The first-order valence-corrected chi connectivity index (χ1v) is 19.1. The van der Waals surface area contributed by atoms with Crippen molar-refractivity contribution in [2.45, 2.75) is 13.8 Å². The van der Waals surface area contributed by atoms with E-state index < -0.39 is 0 Å². The van der Waals surface area contributed by atoms with E-state index in [9.17, 15) is 0 Å². The van der Waals surface area contributed by atoms with Crippen LogP contribution in [0.25, 0.3) is 131 Å². The van der Waals surface area contributed by atoms with E-state index in [1.54, 1.807) is 0 Å². The van der Waals surface area contributed by atoms with E-state index in [1.807, 2.05) is 0 Å². The molecule has 0 heterocycles. The molecule has 12 aromatic carbocycles. The summed E-state index contributed by atoms with van der Waals surface area (Å²) >= 11 is 0. The van der Waals surface area contributed by atoms with Crippen molar-refractivity contribution < 1.29 is 0 Å². The maximum absolute atomic E-state index is 2.45. The summed E-state index contributed by atoms with van der Waals surface area (Å²) in [5, 5.41) is 21.6. The highest BCUT2D eigenvalue weighted by Gasteiger charge is 2.34. The number of hydrogen-bond acceptors (Lipinski definition) is 0. The molecule has 0 heteroatoms. The van der Waals surface area contributed by atoms with Crippen LogP contribution in [-0.4, -0.2) is 0 Å². The molecule has 0 bridgehead atoms. The Balaban J connectivity index is 1.36. The second kappa shape index (κ2) is 10.0. The quantitative estimate of drug-likeness (QED) is 0.126. The third kappa shape index (κ3) is 3.36. The predicted molar refractivity (Wildman–Crippen MR) is 234 cm³/mol. The minimum Gasteiger partial charge on any atom is -0.0622 e. The third-order valence-corrected chi connectivity index (χ3v) is 12.9.